The van der Waals surface area contributed by atoms with Gasteiger partial charge in [-0.25, -0.2) is 0 Å². The standard InChI is InChI=1S/C24H22N4O2S/c1-28-23(18-12-14-19(30-2)15-13-18)26-27-24(28)31-16-22(29)25-21-11-7-6-10-20(21)17-8-4-3-5-9-17/h3-15H,16H2,1-2H3,(H,25,29). The van der Waals surface area contributed by atoms with Gasteiger partial charge in [-0.3, -0.25) is 4.79 Å². The fourth-order valence-corrected chi connectivity index (χ4v) is 3.92. The monoisotopic (exact) mass is 430 g/mol. The van der Waals surface area contributed by atoms with Crippen LogP contribution in [0.5, 0.6) is 5.75 Å². The van der Waals surface area contributed by atoms with E-state index in [1.54, 1.807) is 7.11 Å². The van der Waals surface area contributed by atoms with Crippen molar-refractivity contribution in [2.24, 2.45) is 7.05 Å². The molecule has 0 saturated heterocycles. The SMILES string of the molecule is COc1ccc(-c2nnc(SCC(=O)Nc3ccccc3-c3ccccc3)n2C)cc1. The Morgan fingerprint density at radius 2 is 1.65 bits per heavy atom. The second-order valence-electron chi connectivity index (χ2n) is 6.84. The highest BCUT2D eigenvalue weighted by atomic mass is 32.2. The first-order valence-corrected chi connectivity index (χ1v) is 10.7. The van der Waals surface area contributed by atoms with Gasteiger partial charge in [0.2, 0.25) is 5.91 Å². The summed E-state index contributed by atoms with van der Waals surface area (Å²) in [4.78, 5) is 12.6. The summed E-state index contributed by atoms with van der Waals surface area (Å²) < 4.78 is 7.09. The number of methoxy groups -OCH3 is 1. The molecule has 1 heterocycles. The predicted molar refractivity (Wildman–Crippen MR) is 124 cm³/mol. The van der Waals surface area contributed by atoms with E-state index < -0.39 is 0 Å². The number of para-hydroxylation sites is 1. The number of rotatable bonds is 7. The summed E-state index contributed by atoms with van der Waals surface area (Å²) in [6.45, 7) is 0. The maximum atomic E-state index is 12.6. The molecule has 0 fully saturated rings. The largest absolute Gasteiger partial charge is 0.497 e. The summed E-state index contributed by atoms with van der Waals surface area (Å²) >= 11 is 1.35. The number of hydrogen-bond donors (Lipinski definition) is 1. The smallest absolute Gasteiger partial charge is 0.234 e. The second-order valence-corrected chi connectivity index (χ2v) is 7.78. The molecule has 0 saturated carbocycles. The molecule has 0 radical (unpaired) electrons. The van der Waals surface area contributed by atoms with Crippen LogP contribution in [0.2, 0.25) is 0 Å². The number of carbonyl (C=O) groups excluding carboxylic acids is 1. The first kappa shape index (κ1) is 20.7. The zero-order chi connectivity index (χ0) is 21.6. The number of nitrogens with zero attached hydrogens (tertiary/aromatic N) is 3. The highest BCUT2D eigenvalue weighted by Gasteiger charge is 2.14. The number of anilines is 1. The summed E-state index contributed by atoms with van der Waals surface area (Å²) in [5.74, 6) is 1.66. The van der Waals surface area contributed by atoms with Gasteiger partial charge in [-0.15, -0.1) is 10.2 Å². The number of amides is 1. The van der Waals surface area contributed by atoms with Crippen LogP contribution in [0, 0.1) is 0 Å². The Balaban J connectivity index is 1.43. The van der Waals surface area contributed by atoms with E-state index in [2.05, 4.69) is 15.5 Å². The Morgan fingerprint density at radius 1 is 0.935 bits per heavy atom. The van der Waals surface area contributed by atoms with Crippen molar-refractivity contribution >= 4 is 23.4 Å². The number of nitrogens with one attached hydrogen (secondary N) is 1. The van der Waals surface area contributed by atoms with Crippen molar-refractivity contribution in [2.45, 2.75) is 5.16 Å². The van der Waals surface area contributed by atoms with E-state index in [0.717, 1.165) is 34.0 Å². The van der Waals surface area contributed by atoms with E-state index in [4.69, 9.17) is 4.74 Å². The van der Waals surface area contributed by atoms with Crippen LogP contribution in [0.15, 0.2) is 84.0 Å². The Hall–Kier alpha value is -3.58. The van der Waals surface area contributed by atoms with Crippen LogP contribution < -0.4 is 10.1 Å². The number of ether oxygens (including phenoxy) is 1. The van der Waals surface area contributed by atoms with Gasteiger partial charge in [0.15, 0.2) is 11.0 Å². The van der Waals surface area contributed by atoms with Crippen molar-refractivity contribution in [2.75, 3.05) is 18.2 Å². The quantitative estimate of drug-likeness (QED) is 0.423. The van der Waals surface area contributed by atoms with Gasteiger partial charge in [0.25, 0.3) is 0 Å². The number of carbonyl (C=O) groups is 1. The van der Waals surface area contributed by atoms with Crippen LogP contribution in [0.4, 0.5) is 5.69 Å². The maximum absolute atomic E-state index is 12.6. The third-order valence-electron chi connectivity index (χ3n) is 4.80. The van der Waals surface area contributed by atoms with Gasteiger partial charge >= 0.3 is 0 Å². The van der Waals surface area contributed by atoms with Gasteiger partial charge in [-0.1, -0.05) is 60.3 Å². The molecule has 0 aliphatic rings. The molecule has 1 aromatic heterocycles. The highest BCUT2D eigenvalue weighted by molar-refractivity contribution is 7.99. The minimum absolute atomic E-state index is 0.0950. The average Bonchev–Trinajstić information content (AvgIpc) is 3.19. The van der Waals surface area contributed by atoms with E-state index in [1.807, 2.05) is 90.5 Å². The lowest BCUT2D eigenvalue weighted by Crippen LogP contribution is -2.15. The van der Waals surface area contributed by atoms with E-state index in [-0.39, 0.29) is 11.7 Å². The van der Waals surface area contributed by atoms with Crippen LogP contribution >= 0.6 is 11.8 Å². The molecule has 3 aromatic carbocycles. The van der Waals surface area contributed by atoms with Gasteiger partial charge < -0.3 is 14.6 Å². The topological polar surface area (TPSA) is 69.0 Å². The molecule has 6 nitrogen and oxygen atoms in total. The van der Waals surface area contributed by atoms with Crippen molar-refractivity contribution < 1.29 is 9.53 Å². The van der Waals surface area contributed by atoms with Crippen molar-refractivity contribution in [3.8, 4) is 28.3 Å². The van der Waals surface area contributed by atoms with Gasteiger partial charge in [0.05, 0.1) is 12.9 Å². The fourth-order valence-electron chi connectivity index (χ4n) is 3.21. The molecule has 4 rings (SSSR count). The average molecular weight is 431 g/mol. The molecule has 0 aliphatic heterocycles. The van der Waals surface area contributed by atoms with E-state index in [1.165, 1.54) is 11.8 Å². The van der Waals surface area contributed by atoms with Crippen molar-refractivity contribution in [1.82, 2.24) is 14.8 Å². The molecule has 156 valence electrons. The second kappa shape index (κ2) is 9.49. The third kappa shape index (κ3) is 4.78. The molecule has 1 N–H and O–H groups in total. The first-order valence-electron chi connectivity index (χ1n) is 9.76. The number of hydrogen-bond acceptors (Lipinski definition) is 5. The molecule has 0 bridgehead atoms. The van der Waals surface area contributed by atoms with Crippen LogP contribution in [-0.4, -0.2) is 33.5 Å². The zero-order valence-electron chi connectivity index (χ0n) is 17.3. The van der Waals surface area contributed by atoms with Gasteiger partial charge in [-0.2, -0.15) is 0 Å². The number of thioether (sulfide) groups is 1. The molecule has 0 atom stereocenters. The lowest BCUT2D eigenvalue weighted by Gasteiger charge is -2.11. The molecule has 4 aromatic rings. The molecular weight excluding hydrogens is 408 g/mol. The predicted octanol–water partition coefficient (Wildman–Crippen LogP) is 4.89. The summed E-state index contributed by atoms with van der Waals surface area (Å²) in [5.41, 5.74) is 3.77. The lowest BCUT2D eigenvalue weighted by atomic mass is 10.0. The van der Waals surface area contributed by atoms with Crippen molar-refractivity contribution in [3.63, 3.8) is 0 Å². The molecule has 0 spiro atoms. The minimum atomic E-state index is -0.0950. The molecule has 0 unspecified atom stereocenters. The Bertz CT molecular complexity index is 1170. The normalized spacial score (nSPS) is 10.6. The third-order valence-corrected chi connectivity index (χ3v) is 5.82. The minimum Gasteiger partial charge on any atom is -0.497 e. The molecule has 0 aliphatic carbocycles. The summed E-state index contributed by atoms with van der Waals surface area (Å²) in [6.07, 6.45) is 0. The van der Waals surface area contributed by atoms with Crippen LogP contribution in [0.3, 0.4) is 0 Å². The van der Waals surface area contributed by atoms with E-state index in [9.17, 15) is 4.79 Å². The Labute approximate surface area is 185 Å². The van der Waals surface area contributed by atoms with Crippen molar-refractivity contribution in [1.29, 1.82) is 0 Å². The number of benzene rings is 3. The van der Waals surface area contributed by atoms with Crippen LogP contribution in [0.1, 0.15) is 0 Å². The molecule has 7 heteroatoms. The lowest BCUT2D eigenvalue weighted by molar-refractivity contribution is -0.113. The summed E-state index contributed by atoms with van der Waals surface area (Å²) in [7, 11) is 3.53. The Kier molecular flexibility index (Phi) is 6.33. The molecule has 31 heavy (non-hydrogen) atoms. The van der Waals surface area contributed by atoms with Gasteiger partial charge in [0.1, 0.15) is 5.75 Å². The van der Waals surface area contributed by atoms with E-state index in [0.29, 0.717) is 5.16 Å². The van der Waals surface area contributed by atoms with E-state index >= 15 is 0 Å². The first-order chi connectivity index (χ1) is 15.2. The molecular formula is C24H22N4O2S. The van der Waals surface area contributed by atoms with Crippen LogP contribution in [-0.2, 0) is 11.8 Å². The summed E-state index contributed by atoms with van der Waals surface area (Å²) in [6, 6.07) is 25.4. The van der Waals surface area contributed by atoms with Crippen molar-refractivity contribution in [3.05, 3.63) is 78.9 Å². The maximum Gasteiger partial charge on any atom is 0.234 e. The highest BCUT2D eigenvalue weighted by Crippen LogP contribution is 2.28. The molecule has 1 amide bonds. The number of aromatic nitrogens is 3. The Morgan fingerprint density at radius 3 is 2.39 bits per heavy atom. The van der Waals surface area contributed by atoms with Gasteiger partial charge in [0, 0.05) is 23.9 Å². The van der Waals surface area contributed by atoms with Gasteiger partial charge in [-0.05, 0) is 35.9 Å². The fraction of sp³-hybridized carbons (Fsp3) is 0.125. The zero-order valence-corrected chi connectivity index (χ0v) is 18.1. The summed E-state index contributed by atoms with van der Waals surface area (Å²) in [5, 5.41) is 12.2. The van der Waals surface area contributed by atoms with Crippen LogP contribution in [0.25, 0.3) is 22.5 Å².